The van der Waals surface area contributed by atoms with Gasteiger partial charge in [-0.05, 0) is 24.1 Å². The molecule has 0 radical (unpaired) electrons. The van der Waals surface area contributed by atoms with Gasteiger partial charge in [-0.25, -0.2) is 8.78 Å². The molecule has 0 aromatic heterocycles. The van der Waals surface area contributed by atoms with Gasteiger partial charge in [-0.15, -0.1) is 0 Å². The average Bonchev–Trinajstić information content (AvgIpc) is 2.31. The molecule has 0 aliphatic heterocycles. The monoisotopic (exact) mass is 256 g/mol. The van der Waals surface area contributed by atoms with Crippen molar-refractivity contribution in [2.24, 2.45) is 11.1 Å². The fourth-order valence-electron chi connectivity index (χ4n) is 1.44. The first-order chi connectivity index (χ1) is 8.26. The Hall–Kier alpha value is -1.49. The van der Waals surface area contributed by atoms with E-state index in [-0.39, 0.29) is 17.7 Å². The van der Waals surface area contributed by atoms with E-state index >= 15 is 0 Å². The maximum Gasteiger partial charge on any atom is 0.227 e. The molecule has 1 aromatic rings. The summed E-state index contributed by atoms with van der Waals surface area (Å²) in [6, 6.07) is 3.37. The predicted octanol–water partition coefficient (Wildman–Crippen LogP) is 2.30. The smallest absolute Gasteiger partial charge is 0.227 e. The van der Waals surface area contributed by atoms with Crippen LogP contribution in [0.25, 0.3) is 0 Å². The molecule has 5 heteroatoms. The lowest BCUT2D eigenvalue weighted by Crippen LogP contribution is -2.34. The number of carbonyl (C=O) groups is 1. The highest BCUT2D eigenvalue weighted by Crippen LogP contribution is 2.23. The van der Waals surface area contributed by atoms with Crippen LogP contribution in [0, 0.1) is 17.0 Å². The van der Waals surface area contributed by atoms with Crippen LogP contribution in [-0.4, -0.2) is 19.5 Å². The summed E-state index contributed by atoms with van der Waals surface area (Å²) in [6.07, 6.45) is 0.249. The Kier molecular flexibility index (Phi) is 4.40. The van der Waals surface area contributed by atoms with E-state index in [1.165, 1.54) is 18.0 Å². The van der Waals surface area contributed by atoms with E-state index in [1.54, 1.807) is 0 Å². The van der Waals surface area contributed by atoms with Crippen LogP contribution in [0.15, 0.2) is 18.2 Å². The van der Waals surface area contributed by atoms with Crippen molar-refractivity contribution in [2.45, 2.75) is 20.3 Å². The number of hydrogen-bond donors (Lipinski definition) is 1. The summed E-state index contributed by atoms with van der Waals surface area (Å²) in [4.78, 5) is 13.3. The van der Waals surface area contributed by atoms with Gasteiger partial charge in [0.25, 0.3) is 0 Å². The van der Waals surface area contributed by atoms with Gasteiger partial charge < -0.3 is 10.6 Å². The van der Waals surface area contributed by atoms with Crippen LogP contribution in [0.2, 0.25) is 0 Å². The molecule has 18 heavy (non-hydrogen) atoms. The van der Waals surface area contributed by atoms with Gasteiger partial charge in [0.15, 0.2) is 11.6 Å². The molecule has 0 atom stereocenters. The Balaban J connectivity index is 2.83. The second kappa shape index (κ2) is 5.44. The number of hydrogen-bond acceptors (Lipinski definition) is 2. The predicted molar refractivity (Wildman–Crippen MR) is 67.2 cm³/mol. The van der Waals surface area contributed by atoms with Gasteiger partial charge in [-0.2, -0.15) is 0 Å². The number of rotatable bonds is 4. The molecule has 1 aromatic carbocycles. The summed E-state index contributed by atoms with van der Waals surface area (Å²) in [6.45, 7) is 4.14. The normalized spacial score (nSPS) is 11.4. The summed E-state index contributed by atoms with van der Waals surface area (Å²) in [5, 5.41) is 0. The summed E-state index contributed by atoms with van der Waals surface area (Å²) < 4.78 is 25.9. The number of nitrogens with two attached hydrogens (primary N) is 1. The van der Waals surface area contributed by atoms with E-state index < -0.39 is 11.6 Å². The minimum Gasteiger partial charge on any atom is -0.330 e. The van der Waals surface area contributed by atoms with Gasteiger partial charge in [-0.1, -0.05) is 13.8 Å². The van der Waals surface area contributed by atoms with Gasteiger partial charge in [0, 0.05) is 25.2 Å². The largest absolute Gasteiger partial charge is 0.330 e. The van der Waals surface area contributed by atoms with Crippen LogP contribution < -0.4 is 10.6 Å². The number of carbonyl (C=O) groups excluding carboxylic acids is 1. The average molecular weight is 256 g/mol. The van der Waals surface area contributed by atoms with Crippen LogP contribution in [0.4, 0.5) is 14.5 Å². The Bertz CT molecular complexity index is 447. The van der Waals surface area contributed by atoms with Gasteiger partial charge in [-0.3, -0.25) is 4.79 Å². The highest BCUT2D eigenvalue weighted by molar-refractivity contribution is 5.93. The molecule has 0 unspecified atom stereocenters. The second-order valence-corrected chi connectivity index (χ2v) is 5.10. The van der Waals surface area contributed by atoms with Crippen LogP contribution in [0.3, 0.4) is 0 Å². The molecule has 3 nitrogen and oxygen atoms in total. The lowest BCUT2D eigenvalue weighted by molar-refractivity contribution is -0.120. The SMILES string of the molecule is CN(C(=O)CC(C)(C)CN)c1ccc(F)c(F)c1. The van der Waals surface area contributed by atoms with Crippen LogP contribution in [0.1, 0.15) is 20.3 Å². The summed E-state index contributed by atoms with van der Waals surface area (Å²) in [7, 11) is 1.53. The van der Waals surface area contributed by atoms with E-state index in [2.05, 4.69) is 0 Å². The molecule has 0 bridgehead atoms. The molecular weight excluding hydrogens is 238 g/mol. The van der Waals surface area contributed by atoms with Crippen LogP contribution >= 0.6 is 0 Å². The van der Waals surface area contributed by atoms with Crippen molar-refractivity contribution in [3.05, 3.63) is 29.8 Å². The zero-order valence-corrected chi connectivity index (χ0v) is 10.8. The molecule has 0 heterocycles. The van der Waals surface area contributed by atoms with E-state index in [0.29, 0.717) is 12.2 Å². The third-order valence-corrected chi connectivity index (χ3v) is 2.85. The van der Waals surface area contributed by atoms with Crippen molar-refractivity contribution in [1.82, 2.24) is 0 Å². The van der Waals surface area contributed by atoms with Crippen molar-refractivity contribution in [3.63, 3.8) is 0 Å². The number of amides is 1. The van der Waals surface area contributed by atoms with E-state index in [4.69, 9.17) is 5.73 Å². The zero-order valence-electron chi connectivity index (χ0n) is 10.8. The van der Waals surface area contributed by atoms with Crippen LogP contribution in [0.5, 0.6) is 0 Å². The molecule has 1 rings (SSSR count). The highest BCUT2D eigenvalue weighted by Gasteiger charge is 2.23. The molecule has 0 fully saturated rings. The molecule has 0 aliphatic carbocycles. The first kappa shape index (κ1) is 14.6. The fourth-order valence-corrected chi connectivity index (χ4v) is 1.44. The fraction of sp³-hybridized carbons (Fsp3) is 0.462. The minimum absolute atomic E-state index is 0.184. The number of halogens is 2. The topological polar surface area (TPSA) is 46.3 Å². The number of anilines is 1. The number of benzene rings is 1. The molecule has 0 saturated carbocycles. The maximum atomic E-state index is 13.1. The second-order valence-electron chi connectivity index (χ2n) is 5.10. The summed E-state index contributed by atoms with van der Waals surface area (Å²) in [5.41, 5.74) is 5.57. The minimum atomic E-state index is -0.967. The van der Waals surface area contributed by atoms with Crippen LogP contribution in [-0.2, 0) is 4.79 Å². The highest BCUT2D eigenvalue weighted by atomic mass is 19.2. The lowest BCUT2D eigenvalue weighted by atomic mass is 9.89. The summed E-state index contributed by atoms with van der Waals surface area (Å²) >= 11 is 0. The van der Waals surface area contributed by atoms with Gasteiger partial charge in [0.2, 0.25) is 5.91 Å². The number of nitrogens with zero attached hydrogens (tertiary/aromatic N) is 1. The van der Waals surface area contributed by atoms with Gasteiger partial charge in [0.1, 0.15) is 0 Å². The third kappa shape index (κ3) is 3.50. The van der Waals surface area contributed by atoms with Crippen molar-refractivity contribution < 1.29 is 13.6 Å². The molecule has 0 spiro atoms. The molecule has 0 aliphatic rings. The first-order valence-electron chi connectivity index (χ1n) is 5.68. The zero-order chi connectivity index (χ0) is 13.9. The van der Waals surface area contributed by atoms with Crippen molar-refractivity contribution in [3.8, 4) is 0 Å². The molecule has 1 amide bonds. The van der Waals surface area contributed by atoms with Crippen molar-refractivity contribution >= 4 is 11.6 Å². The van der Waals surface area contributed by atoms with E-state index in [0.717, 1.165) is 12.1 Å². The van der Waals surface area contributed by atoms with Gasteiger partial charge >= 0.3 is 0 Å². The standard InChI is InChI=1S/C13H18F2N2O/c1-13(2,8-16)7-12(18)17(3)9-4-5-10(14)11(15)6-9/h4-6H,7-8,16H2,1-3H3. The Morgan fingerprint density at radius 3 is 2.44 bits per heavy atom. The molecule has 2 N–H and O–H groups in total. The van der Waals surface area contributed by atoms with E-state index in [9.17, 15) is 13.6 Å². The Morgan fingerprint density at radius 1 is 1.33 bits per heavy atom. The first-order valence-corrected chi connectivity index (χ1v) is 5.68. The quantitative estimate of drug-likeness (QED) is 0.898. The van der Waals surface area contributed by atoms with E-state index in [1.807, 2.05) is 13.8 Å². The molecular formula is C13H18F2N2O. The van der Waals surface area contributed by atoms with Gasteiger partial charge in [0.05, 0.1) is 0 Å². The molecule has 0 saturated heterocycles. The molecule has 100 valence electrons. The Morgan fingerprint density at radius 2 is 1.94 bits per heavy atom. The van der Waals surface area contributed by atoms with Crippen molar-refractivity contribution in [1.29, 1.82) is 0 Å². The summed E-state index contributed by atoms with van der Waals surface area (Å²) in [5.74, 6) is -2.08. The van der Waals surface area contributed by atoms with Crippen molar-refractivity contribution in [2.75, 3.05) is 18.5 Å². The lowest BCUT2D eigenvalue weighted by Gasteiger charge is -2.25. The maximum absolute atomic E-state index is 13.1. The Labute approximate surface area is 106 Å². The third-order valence-electron chi connectivity index (χ3n) is 2.85.